The van der Waals surface area contributed by atoms with Crippen molar-refractivity contribution in [1.29, 1.82) is 0 Å². The molecule has 1 aromatic carbocycles. The van der Waals surface area contributed by atoms with Crippen molar-refractivity contribution in [2.75, 3.05) is 6.61 Å². The first-order valence-corrected chi connectivity index (χ1v) is 12.3. The summed E-state index contributed by atoms with van der Waals surface area (Å²) in [6, 6.07) is 6.14. The third-order valence-electron chi connectivity index (χ3n) is 5.40. The van der Waals surface area contributed by atoms with E-state index in [1.54, 1.807) is 37.0 Å². The second kappa shape index (κ2) is 8.14. The monoisotopic (exact) mass is 470 g/mol. The van der Waals surface area contributed by atoms with Crippen molar-refractivity contribution in [3.63, 3.8) is 0 Å². The highest BCUT2D eigenvalue weighted by atomic mass is 32.2. The molecule has 0 bridgehead atoms. The number of nitrogens with zero attached hydrogens (tertiary/aromatic N) is 6. The summed E-state index contributed by atoms with van der Waals surface area (Å²) >= 11 is 1.63. The maximum atomic E-state index is 11.3. The highest BCUT2D eigenvalue weighted by Crippen LogP contribution is 2.41. The molecule has 0 saturated heterocycles. The second-order valence-electron chi connectivity index (χ2n) is 7.85. The molecule has 4 heterocycles. The van der Waals surface area contributed by atoms with Gasteiger partial charge in [-0.3, -0.25) is 4.68 Å². The molecule has 5 rings (SSSR count). The number of hydrogen-bond donors (Lipinski definition) is 1. The molecule has 0 saturated carbocycles. The molecule has 1 aliphatic rings. The second-order valence-corrected chi connectivity index (χ2v) is 10.3. The number of benzene rings is 1. The van der Waals surface area contributed by atoms with Crippen LogP contribution in [0.1, 0.15) is 37.1 Å². The molecule has 0 aliphatic carbocycles. The Kier molecular flexibility index (Phi) is 5.30. The summed E-state index contributed by atoms with van der Waals surface area (Å²) in [4.78, 5) is 10.5. The van der Waals surface area contributed by atoms with Gasteiger partial charge in [-0.1, -0.05) is 6.07 Å². The molecular weight excluding hydrogens is 448 g/mol. The molecule has 0 radical (unpaired) electrons. The fraction of sp³-hybridized carbons (Fsp3) is 0.333. The molecule has 0 spiro atoms. The van der Waals surface area contributed by atoms with Crippen LogP contribution in [-0.2, 0) is 17.1 Å². The van der Waals surface area contributed by atoms with Crippen LogP contribution in [0.15, 0.2) is 36.9 Å². The van der Waals surface area contributed by atoms with Crippen LogP contribution in [-0.4, -0.2) is 44.6 Å². The number of hydrogen-bond acceptors (Lipinski definition) is 8. The molecule has 11 heteroatoms. The minimum atomic E-state index is -2.60. The van der Waals surface area contributed by atoms with Crippen molar-refractivity contribution in [2.45, 2.75) is 38.6 Å². The van der Waals surface area contributed by atoms with Gasteiger partial charge in [-0.25, -0.2) is 23.1 Å². The summed E-state index contributed by atoms with van der Waals surface area (Å²) in [5.41, 5.74) is 3.58. The van der Waals surface area contributed by atoms with Crippen molar-refractivity contribution < 1.29 is 13.2 Å². The van der Waals surface area contributed by atoms with Crippen molar-refractivity contribution in [3.05, 3.63) is 41.8 Å². The normalized spacial score (nSPS) is 14.2. The lowest BCUT2D eigenvalue weighted by molar-refractivity contribution is 0.327. The Bertz CT molecular complexity index is 1360. The molecule has 32 heavy (non-hydrogen) atoms. The lowest BCUT2D eigenvalue weighted by atomic mass is 10.0. The number of aromatic nitrogens is 6. The van der Waals surface area contributed by atoms with Crippen LogP contribution in [0.5, 0.6) is 5.75 Å². The summed E-state index contributed by atoms with van der Waals surface area (Å²) in [7, 11) is -2.60. The van der Waals surface area contributed by atoms with Gasteiger partial charge in [-0.05, 0) is 38.5 Å². The number of thiazole rings is 1. The van der Waals surface area contributed by atoms with Gasteiger partial charge in [0.2, 0.25) is 0 Å². The van der Waals surface area contributed by atoms with Crippen LogP contribution in [0, 0.1) is 0 Å². The van der Waals surface area contributed by atoms with E-state index in [0.29, 0.717) is 6.61 Å². The van der Waals surface area contributed by atoms with Gasteiger partial charge in [0.05, 0.1) is 18.5 Å². The van der Waals surface area contributed by atoms with Gasteiger partial charge in [0.15, 0.2) is 21.5 Å². The van der Waals surface area contributed by atoms with Gasteiger partial charge in [0, 0.05) is 34.7 Å². The average molecular weight is 471 g/mol. The lowest BCUT2D eigenvalue weighted by Crippen LogP contribution is -2.06. The molecule has 0 N–H and O–H groups in total. The van der Waals surface area contributed by atoms with Gasteiger partial charge < -0.3 is 4.74 Å². The molecule has 4 aromatic rings. The van der Waals surface area contributed by atoms with Gasteiger partial charge in [-0.2, -0.15) is 10.2 Å². The van der Waals surface area contributed by atoms with E-state index in [0.717, 1.165) is 50.3 Å². The Morgan fingerprint density at radius 1 is 1.16 bits per heavy atom. The first kappa shape index (κ1) is 20.8. The van der Waals surface area contributed by atoms with E-state index in [-0.39, 0.29) is 6.04 Å². The SMILES string of the molecule is CC(C)n1ncnc1-c1nc2c(s1)CCOc1cc(-c3cnn(C(C)[SH](=O)=O)c3)ccc1-2. The standard InChI is InChI=1S/C21H22N6O3S2/c1-12(2)27-20(22-11-24-27)21-25-19-16-5-4-14(8-17(16)30-7-6-18(19)31-21)15-9-23-26(10-15)13(3)32(28)29/h4-5,8-13,32H,6-7H2,1-3H3. The first-order valence-electron chi connectivity index (χ1n) is 10.3. The largest absolute Gasteiger partial charge is 0.492 e. The molecule has 9 nitrogen and oxygen atoms in total. The zero-order valence-corrected chi connectivity index (χ0v) is 19.5. The number of rotatable bonds is 5. The van der Waals surface area contributed by atoms with E-state index < -0.39 is 16.1 Å². The average Bonchev–Trinajstić information content (AvgIpc) is 3.51. The lowest BCUT2D eigenvalue weighted by Gasteiger charge is -2.09. The predicted molar refractivity (Wildman–Crippen MR) is 122 cm³/mol. The highest BCUT2D eigenvalue weighted by Gasteiger charge is 2.24. The summed E-state index contributed by atoms with van der Waals surface area (Å²) in [6.45, 7) is 6.29. The minimum absolute atomic E-state index is 0.192. The van der Waals surface area contributed by atoms with E-state index in [2.05, 4.69) is 29.0 Å². The van der Waals surface area contributed by atoms with Crippen LogP contribution in [0.3, 0.4) is 0 Å². The molecule has 3 aromatic heterocycles. The van der Waals surface area contributed by atoms with Gasteiger partial charge in [0.1, 0.15) is 17.5 Å². The third kappa shape index (κ3) is 3.61. The quantitative estimate of drug-likeness (QED) is 0.445. The van der Waals surface area contributed by atoms with Crippen molar-refractivity contribution in [3.8, 4) is 39.0 Å². The van der Waals surface area contributed by atoms with E-state index in [1.807, 2.05) is 22.9 Å². The van der Waals surface area contributed by atoms with E-state index in [9.17, 15) is 8.42 Å². The zero-order chi connectivity index (χ0) is 22.4. The topological polar surface area (TPSA) is 105 Å². The summed E-state index contributed by atoms with van der Waals surface area (Å²) in [5, 5.41) is 8.69. The van der Waals surface area contributed by atoms with E-state index >= 15 is 0 Å². The fourth-order valence-corrected chi connectivity index (χ4v) is 5.03. The van der Waals surface area contributed by atoms with Gasteiger partial charge in [0.25, 0.3) is 0 Å². The van der Waals surface area contributed by atoms with Crippen LogP contribution < -0.4 is 4.74 Å². The summed E-state index contributed by atoms with van der Waals surface area (Å²) < 4.78 is 31.9. The number of ether oxygens (including phenoxy) is 1. The predicted octanol–water partition coefficient (Wildman–Crippen LogP) is 3.58. The zero-order valence-electron chi connectivity index (χ0n) is 17.8. The molecule has 1 unspecified atom stereocenters. The highest BCUT2D eigenvalue weighted by molar-refractivity contribution is 7.72. The minimum Gasteiger partial charge on any atom is -0.492 e. The Morgan fingerprint density at radius 2 is 2.00 bits per heavy atom. The summed E-state index contributed by atoms with van der Waals surface area (Å²) in [5.74, 6) is 1.52. The smallest absolute Gasteiger partial charge is 0.187 e. The Labute approximate surface area is 190 Å². The maximum absolute atomic E-state index is 11.3. The van der Waals surface area contributed by atoms with Crippen LogP contribution in [0.4, 0.5) is 0 Å². The van der Waals surface area contributed by atoms with Gasteiger partial charge >= 0.3 is 0 Å². The van der Waals surface area contributed by atoms with Crippen LogP contribution in [0.2, 0.25) is 0 Å². The van der Waals surface area contributed by atoms with E-state index in [1.165, 1.54) is 4.68 Å². The molecule has 1 aliphatic heterocycles. The number of thiol groups is 1. The molecule has 0 fully saturated rings. The Hall–Kier alpha value is -3.05. The van der Waals surface area contributed by atoms with Gasteiger partial charge in [-0.15, -0.1) is 11.3 Å². The van der Waals surface area contributed by atoms with Crippen LogP contribution >= 0.6 is 11.3 Å². The van der Waals surface area contributed by atoms with E-state index in [4.69, 9.17) is 9.72 Å². The molecule has 0 amide bonds. The molecular formula is C21H22N6O3S2. The van der Waals surface area contributed by atoms with Crippen molar-refractivity contribution in [2.24, 2.45) is 0 Å². The Balaban J connectivity index is 1.53. The molecule has 166 valence electrons. The van der Waals surface area contributed by atoms with Crippen molar-refractivity contribution in [1.82, 2.24) is 29.5 Å². The number of fused-ring (bicyclic) bond motifs is 3. The van der Waals surface area contributed by atoms with Crippen LogP contribution in [0.25, 0.3) is 33.2 Å². The molecule has 1 atom stereocenters. The maximum Gasteiger partial charge on any atom is 0.187 e. The first-order chi connectivity index (χ1) is 15.4. The van der Waals surface area contributed by atoms with Crippen molar-refractivity contribution >= 4 is 22.0 Å². The fourth-order valence-electron chi connectivity index (χ4n) is 3.67. The third-order valence-corrected chi connectivity index (χ3v) is 7.35. The Morgan fingerprint density at radius 3 is 2.78 bits per heavy atom. The summed E-state index contributed by atoms with van der Waals surface area (Å²) in [6.07, 6.45) is 5.73.